The van der Waals surface area contributed by atoms with Gasteiger partial charge in [-0.3, -0.25) is 0 Å². The summed E-state index contributed by atoms with van der Waals surface area (Å²) in [5, 5.41) is 9.24. The molecule has 0 saturated carbocycles. The Kier molecular flexibility index (Phi) is 4.44. The molecule has 0 aromatic heterocycles. The fraction of sp³-hybridized carbons (Fsp3) is 0.188. The molecule has 2 rings (SSSR count). The average Bonchev–Trinajstić information content (AvgIpc) is 2.43. The van der Waals surface area contributed by atoms with Crippen molar-refractivity contribution in [3.63, 3.8) is 0 Å². The third-order valence-corrected chi connectivity index (χ3v) is 3.90. The van der Waals surface area contributed by atoms with E-state index < -0.39 is 0 Å². The molecule has 0 aliphatic carbocycles. The van der Waals surface area contributed by atoms with Gasteiger partial charge in [-0.1, -0.05) is 48.0 Å². The van der Waals surface area contributed by atoms with Crippen LogP contribution >= 0.6 is 11.8 Å². The largest absolute Gasteiger partial charge is 0.198 e. The van der Waals surface area contributed by atoms with Crippen molar-refractivity contribution in [3.8, 4) is 6.07 Å². The van der Waals surface area contributed by atoms with Gasteiger partial charge >= 0.3 is 0 Å². The molecule has 0 heterocycles. The normalized spacial score (nSPS) is 11.8. The standard InChI is InChI=1S/C16H15NS/c1-13-7-9-16(10-8-13)18-12-15(11-17)14-5-3-2-4-6-14/h2-10,15H,12H2,1H3. The first-order valence-electron chi connectivity index (χ1n) is 5.93. The summed E-state index contributed by atoms with van der Waals surface area (Å²) in [5.74, 6) is 0.751. The SMILES string of the molecule is Cc1ccc(SCC(C#N)c2ccccc2)cc1. The number of benzene rings is 2. The third kappa shape index (κ3) is 3.38. The zero-order chi connectivity index (χ0) is 12.8. The van der Waals surface area contributed by atoms with Gasteiger partial charge in [-0.25, -0.2) is 0 Å². The predicted molar refractivity (Wildman–Crippen MR) is 76.7 cm³/mol. The molecule has 0 N–H and O–H groups in total. The van der Waals surface area contributed by atoms with Crippen LogP contribution in [0.15, 0.2) is 59.5 Å². The van der Waals surface area contributed by atoms with Crippen molar-refractivity contribution in [2.45, 2.75) is 17.7 Å². The summed E-state index contributed by atoms with van der Waals surface area (Å²) in [5.41, 5.74) is 2.36. The first-order valence-corrected chi connectivity index (χ1v) is 6.92. The van der Waals surface area contributed by atoms with Crippen molar-refractivity contribution in [2.24, 2.45) is 0 Å². The molecule has 0 spiro atoms. The molecule has 0 radical (unpaired) electrons. The summed E-state index contributed by atoms with van der Waals surface area (Å²) in [6.07, 6.45) is 0. The predicted octanol–water partition coefficient (Wildman–Crippen LogP) is 4.39. The second-order valence-electron chi connectivity index (χ2n) is 4.22. The number of hydrogen-bond acceptors (Lipinski definition) is 2. The fourth-order valence-electron chi connectivity index (χ4n) is 1.71. The number of aryl methyl sites for hydroxylation is 1. The van der Waals surface area contributed by atoms with Crippen molar-refractivity contribution in [2.75, 3.05) is 5.75 Å². The lowest BCUT2D eigenvalue weighted by Gasteiger charge is -2.09. The lowest BCUT2D eigenvalue weighted by atomic mass is 10.0. The van der Waals surface area contributed by atoms with E-state index in [0.717, 1.165) is 11.3 Å². The molecule has 90 valence electrons. The van der Waals surface area contributed by atoms with Crippen LogP contribution in [0.5, 0.6) is 0 Å². The van der Waals surface area contributed by atoms with E-state index in [1.807, 2.05) is 30.3 Å². The molecule has 0 saturated heterocycles. The zero-order valence-corrected chi connectivity index (χ0v) is 11.2. The van der Waals surface area contributed by atoms with Crippen LogP contribution in [0.1, 0.15) is 17.0 Å². The summed E-state index contributed by atoms with van der Waals surface area (Å²) in [6.45, 7) is 2.08. The zero-order valence-electron chi connectivity index (χ0n) is 10.3. The van der Waals surface area contributed by atoms with Gasteiger partial charge in [-0.05, 0) is 24.6 Å². The van der Waals surface area contributed by atoms with Crippen molar-refractivity contribution < 1.29 is 0 Å². The minimum Gasteiger partial charge on any atom is -0.198 e. The summed E-state index contributed by atoms with van der Waals surface area (Å²) in [4.78, 5) is 1.22. The molecule has 0 bridgehead atoms. The van der Waals surface area contributed by atoms with E-state index in [-0.39, 0.29) is 5.92 Å². The van der Waals surface area contributed by atoms with Crippen molar-refractivity contribution in [1.29, 1.82) is 5.26 Å². The van der Waals surface area contributed by atoms with Crippen LogP contribution < -0.4 is 0 Å². The number of hydrogen-bond donors (Lipinski definition) is 0. The Bertz CT molecular complexity index is 525. The van der Waals surface area contributed by atoms with E-state index >= 15 is 0 Å². The van der Waals surface area contributed by atoms with Crippen LogP contribution in [0.3, 0.4) is 0 Å². The van der Waals surface area contributed by atoms with Gasteiger partial charge in [-0.2, -0.15) is 5.26 Å². The first-order chi connectivity index (χ1) is 8.79. The fourth-order valence-corrected chi connectivity index (χ4v) is 2.66. The van der Waals surface area contributed by atoms with Crippen LogP contribution in [-0.2, 0) is 0 Å². The summed E-state index contributed by atoms with van der Waals surface area (Å²) in [7, 11) is 0. The Balaban J connectivity index is 2.00. The Morgan fingerprint density at radius 2 is 1.72 bits per heavy atom. The second kappa shape index (κ2) is 6.28. The molecule has 0 amide bonds. The minimum atomic E-state index is -0.0440. The first kappa shape index (κ1) is 12.7. The second-order valence-corrected chi connectivity index (χ2v) is 5.31. The Hall–Kier alpha value is -1.72. The third-order valence-electron chi connectivity index (χ3n) is 2.80. The van der Waals surface area contributed by atoms with Gasteiger partial charge in [-0.15, -0.1) is 11.8 Å². The molecule has 18 heavy (non-hydrogen) atoms. The van der Waals surface area contributed by atoms with E-state index in [1.165, 1.54) is 10.5 Å². The highest BCUT2D eigenvalue weighted by molar-refractivity contribution is 7.99. The van der Waals surface area contributed by atoms with Crippen molar-refractivity contribution >= 4 is 11.8 Å². The highest BCUT2D eigenvalue weighted by Crippen LogP contribution is 2.26. The summed E-state index contributed by atoms with van der Waals surface area (Å²) < 4.78 is 0. The van der Waals surface area contributed by atoms with Gasteiger partial charge in [0.2, 0.25) is 0 Å². The lowest BCUT2D eigenvalue weighted by Crippen LogP contribution is -1.98. The summed E-state index contributed by atoms with van der Waals surface area (Å²) >= 11 is 1.73. The molecule has 0 aliphatic heterocycles. The molecule has 1 unspecified atom stereocenters. The van der Waals surface area contributed by atoms with Gasteiger partial charge in [0.15, 0.2) is 0 Å². The van der Waals surface area contributed by atoms with Gasteiger partial charge < -0.3 is 0 Å². The lowest BCUT2D eigenvalue weighted by molar-refractivity contribution is 0.996. The highest BCUT2D eigenvalue weighted by atomic mass is 32.2. The van der Waals surface area contributed by atoms with Gasteiger partial charge in [0.25, 0.3) is 0 Å². The molecule has 2 aromatic rings. The average molecular weight is 253 g/mol. The quantitative estimate of drug-likeness (QED) is 0.754. The van der Waals surface area contributed by atoms with Crippen LogP contribution in [0.25, 0.3) is 0 Å². The maximum atomic E-state index is 9.24. The van der Waals surface area contributed by atoms with Gasteiger partial charge in [0.05, 0.1) is 12.0 Å². The van der Waals surface area contributed by atoms with E-state index in [9.17, 15) is 5.26 Å². The van der Waals surface area contributed by atoms with Gasteiger partial charge in [0.1, 0.15) is 0 Å². The molecular formula is C16H15NS. The Labute approximate surface area is 112 Å². The molecule has 2 heteroatoms. The number of rotatable bonds is 4. The Morgan fingerprint density at radius 1 is 1.06 bits per heavy atom. The van der Waals surface area contributed by atoms with Crippen LogP contribution in [0.4, 0.5) is 0 Å². The molecule has 1 nitrogen and oxygen atoms in total. The van der Waals surface area contributed by atoms with E-state index in [0.29, 0.717) is 0 Å². The van der Waals surface area contributed by atoms with E-state index in [1.54, 1.807) is 11.8 Å². The topological polar surface area (TPSA) is 23.8 Å². The highest BCUT2D eigenvalue weighted by Gasteiger charge is 2.10. The molecule has 0 fully saturated rings. The number of nitrogens with zero attached hydrogens (tertiary/aromatic N) is 1. The molecule has 2 aromatic carbocycles. The number of nitriles is 1. The van der Waals surface area contributed by atoms with E-state index in [2.05, 4.69) is 37.3 Å². The van der Waals surface area contributed by atoms with Crippen molar-refractivity contribution in [1.82, 2.24) is 0 Å². The van der Waals surface area contributed by atoms with Crippen LogP contribution in [0, 0.1) is 18.3 Å². The van der Waals surface area contributed by atoms with Crippen LogP contribution in [-0.4, -0.2) is 5.75 Å². The molecule has 0 aliphatic rings. The smallest absolute Gasteiger partial charge is 0.0806 e. The Morgan fingerprint density at radius 3 is 2.33 bits per heavy atom. The van der Waals surface area contributed by atoms with Crippen molar-refractivity contribution in [3.05, 3.63) is 65.7 Å². The van der Waals surface area contributed by atoms with Gasteiger partial charge in [0, 0.05) is 10.6 Å². The monoisotopic (exact) mass is 253 g/mol. The molecule has 1 atom stereocenters. The maximum Gasteiger partial charge on any atom is 0.0806 e. The molecular weight excluding hydrogens is 238 g/mol. The summed E-state index contributed by atoms with van der Waals surface area (Å²) in [6, 6.07) is 20.8. The van der Waals surface area contributed by atoms with Crippen LogP contribution in [0.2, 0.25) is 0 Å². The minimum absolute atomic E-state index is 0.0440. The van der Waals surface area contributed by atoms with E-state index in [4.69, 9.17) is 0 Å². The number of thioether (sulfide) groups is 1. The maximum absolute atomic E-state index is 9.24.